The summed E-state index contributed by atoms with van der Waals surface area (Å²) in [6.07, 6.45) is 3.53. The van der Waals surface area contributed by atoms with Crippen LogP contribution in [0, 0.1) is 0 Å². The van der Waals surface area contributed by atoms with Gasteiger partial charge in [0.05, 0.1) is 26.4 Å². The van der Waals surface area contributed by atoms with E-state index < -0.39 is 6.04 Å². The maximum atomic E-state index is 13.1. The second-order valence-electron chi connectivity index (χ2n) is 6.38. The number of hydrogen-bond donors (Lipinski definition) is 1. The average Bonchev–Trinajstić information content (AvgIpc) is 3.17. The van der Waals surface area contributed by atoms with Crippen molar-refractivity contribution in [3.8, 4) is 17.2 Å². The predicted molar refractivity (Wildman–Crippen MR) is 110 cm³/mol. The van der Waals surface area contributed by atoms with Crippen molar-refractivity contribution >= 4 is 5.91 Å². The van der Waals surface area contributed by atoms with E-state index >= 15 is 0 Å². The van der Waals surface area contributed by atoms with Gasteiger partial charge >= 0.3 is 0 Å². The molecule has 1 atom stereocenters. The first-order chi connectivity index (χ1) is 14.1. The topological polar surface area (TPSA) is 74.6 Å². The molecule has 3 rings (SSSR count). The number of aryl methyl sites for hydroxylation is 1. The van der Waals surface area contributed by atoms with Gasteiger partial charge in [0.1, 0.15) is 29.1 Å². The Hall–Kier alpha value is -3.48. The molecule has 3 aromatic rings. The van der Waals surface area contributed by atoms with Crippen LogP contribution in [0.2, 0.25) is 0 Å². The summed E-state index contributed by atoms with van der Waals surface area (Å²) in [6.45, 7) is 2.36. The third kappa shape index (κ3) is 4.51. The molecule has 1 heterocycles. The number of nitrogens with zero attached hydrogens (tertiary/aromatic N) is 2. The first-order valence-electron chi connectivity index (χ1n) is 9.30. The van der Waals surface area contributed by atoms with E-state index in [0.29, 0.717) is 35.2 Å². The summed E-state index contributed by atoms with van der Waals surface area (Å²) in [4.78, 5) is 17.6. The first-order valence-corrected chi connectivity index (χ1v) is 9.30. The molecule has 0 fully saturated rings. The number of benzene rings is 2. The third-order valence-electron chi connectivity index (χ3n) is 4.53. The molecule has 0 saturated heterocycles. The molecule has 0 aliphatic heterocycles. The maximum absolute atomic E-state index is 13.1. The van der Waals surface area contributed by atoms with Gasteiger partial charge in [0.25, 0.3) is 5.91 Å². The lowest BCUT2D eigenvalue weighted by Gasteiger charge is -2.21. The molecule has 29 heavy (non-hydrogen) atoms. The Morgan fingerprint density at radius 1 is 1.14 bits per heavy atom. The number of imidazole rings is 1. The highest BCUT2D eigenvalue weighted by molar-refractivity contribution is 5.97. The molecule has 2 aromatic carbocycles. The summed E-state index contributed by atoms with van der Waals surface area (Å²) in [5, 5.41) is 3.08. The van der Waals surface area contributed by atoms with Crippen molar-refractivity contribution in [1.29, 1.82) is 0 Å². The lowest BCUT2D eigenvalue weighted by Crippen LogP contribution is -2.31. The maximum Gasteiger partial charge on any atom is 0.255 e. The molecular formula is C22H25N3O4. The van der Waals surface area contributed by atoms with Gasteiger partial charge in [-0.05, 0) is 36.8 Å². The van der Waals surface area contributed by atoms with E-state index in [4.69, 9.17) is 14.2 Å². The molecule has 152 valence electrons. The number of carbonyl (C=O) groups excluding carboxylic acids is 1. The fraction of sp³-hybridized carbons (Fsp3) is 0.273. The summed E-state index contributed by atoms with van der Waals surface area (Å²) in [5.74, 6) is 2.21. The van der Waals surface area contributed by atoms with E-state index in [1.54, 1.807) is 38.6 Å². The van der Waals surface area contributed by atoms with Gasteiger partial charge < -0.3 is 24.1 Å². The molecule has 0 aliphatic rings. The number of para-hydroxylation sites is 1. The molecule has 0 bridgehead atoms. The van der Waals surface area contributed by atoms with Crippen molar-refractivity contribution in [2.24, 2.45) is 7.05 Å². The van der Waals surface area contributed by atoms with Gasteiger partial charge in [0.2, 0.25) is 0 Å². The van der Waals surface area contributed by atoms with E-state index in [2.05, 4.69) is 10.3 Å². The lowest BCUT2D eigenvalue weighted by atomic mass is 10.0. The van der Waals surface area contributed by atoms with Crippen LogP contribution in [-0.4, -0.2) is 36.3 Å². The highest BCUT2D eigenvalue weighted by Crippen LogP contribution is 2.30. The van der Waals surface area contributed by atoms with E-state index in [1.165, 1.54) is 0 Å². The van der Waals surface area contributed by atoms with Crippen molar-refractivity contribution in [1.82, 2.24) is 14.9 Å². The van der Waals surface area contributed by atoms with Crippen LogP contribution in [0.5, 0.6) is 17.2 Å². The molecular weight excluding hydrogens is 370 g/mol. The Morgan fingerprint density at radius 2 is 1.83 bits per heavy atom. The number of aromatic nitrogens is 2. The largest absolute Gasteiger partial charge is 0.497 e. The van der Waals surface area contributed by atoms with Crippen molar-refractivity contribution in [3.05, 3.63) is 71.8 Å². The molecule has 0 saturated carbocycles. The number of hydrogen-bond acceptors (Lipinski definition) is 5. The zero-order valence-corrected chi connectivity index (χ0v) is 17.0. The summed E-state index contributed by atoms with van der Waals surface area (Å²) in [6, 6.07) is 12.1. The zero-order valence-electron chi connectivity index (χ0n) is 17.0. The molecule has 7 heteroatoms. The summed E-state index contributed by atoms with van der Waals surface area (Å²) < 4.78 is 18.3. The number of methoxy groups -OCH3 is 2. The van der Waals surface area contributed by atoms with Crippen LogP contribution in [0.3, 0.4) is 0 Å². The Bertz CT molecular complexity index is 961. The Kier molecular flexibility index (Phi) is 6.39. The molecule has 0 radical (unpaired) electrons. The number of ether oxygens (including phenoxy) is 3. The Morgan fingerprint density at radius 3 is 2.41 bits per heavy atom. The number of amides is 1. The fourth-order valence-corrected chi connectivity index (χ4v) is 3.09. The highest BCUT2D eigenvalue weighted by Gasteiger charge is 2.24. The molecule has 1 aromatic heterocycles. The summed E-state index contributed by atoms with van der Waals surface area (Å²) >= 11 is 0. The standard InChI is InChI=1S/C22H25N3O4/c1-5-29-19-9-7-6-8-18(19)22(26)24-20(21-23-10-11-25(21)2)15-12-16(27-3)14-17(13-15)28-4/h6-14,20H,5H2,1-4H3,(H,24,26). The molecule has 1 unspecified atom stereocenters. The summed E-state index contributed by atoms with van der Waals surface area (Å²) in [7, 11) is 5.06. The minimum Gasteiger partial charge on any atom is -0.497 e. The van der Waals surface area contributed by atoms with Crippen molar-refractivity contribution < 1.29 is 19.0 Å². The van der Waals surface area contributed by atoms with Crippen LogP contribution in [-0.2, 0) is 7.05 Å². The monoisotopic (exact) mass is 395 g/mol. The molecule has 1 N–H and O–H groups in total. The summed E-state index contributed by atoms with van der Waals surface area (Å²) in [5.41, 5.74) is 1.25. The normalized spacial score (nSPS) is 11.6. The fourth-order valence-electron chi connectivity index (χ4n) is 3.09. The molecule has 0 aliphatic carbocycles. The molecule has 7 nitrogen and oxygen atoms in total. The van der Waals surface area contributed by atoms with E-state index in [1.807, 2.05) is 49.0 Å². The Labute approximate surface area is 170 Å². The van der Waals surface area contributed by atoms with Crippen molar-refractivity contribution in [3.63, 3.8) is 0 Å². The quantitative estimate of drug-likeness (QED) is 0.633. The molecule has 1 amide bonds. The number of carbonyl (C=O) groups is 1. The van der Waals surface area contributed by atoms with Crippen molar-refractivity contribution in [2.75, 3.05) is 20.8 Å². The van der Waals surface area contributed by atoms with E-state index in [-0.39, 0.29) is 5.91 Å². The van der Waals surface area contributed by atoms with Gasteiger partial charge in [-0.3, -0.25) is 4.79 Å². The third-order valence-corrected chi connectivity index (χ3v) is 4.53. The lowest BCUT2D eigenvalue weighted by molar-refractivity contribution is 0.0937. The van der Waals surface area contributed by atoms with Gasteiger partial charge in [0.15, 0.2) is 0 Å². The second-order valence-corrected chi connectivity index (χ2v) is 6.38. The second kappa shape index (κ2) is 9.14. The predicted octanol–water partition coefficient (Wildman–Crippen LogP) is 3.36. The average molecular weight is 395 g/mol. The van der Waals surface area contributed by atoms with Crippen LogP contribution in [0.1, 0.15) is 34.7 Å². The minimum atomic E-state index is -0.513. The van der Waals surface area contributed by atoms with Crippen LogP contribution in [0.4, 0.5) is 0 Å². The van der Waals surface area contributed by atoms with Crippen LogP contribution in [0.25, 0.3) is 0 Å². The Balaban J connectivity index is 2.02. The highest BCUT2D eigenvalue weighted by atomic mass is 16.5. The van der Waals surface area contributed by atoms with Gasteiger partial charge in [-0.2, -0.15) is 0 Å². The van der Waals surface area contributed by atoms with Crippen LogP contribution >= 0.6 is 0 Å². The van der Waals surface area contributed by atoms with Crippen molar-refractivity contribution in [2.45, 2.75) is 13.0 Å². The smallest absolute Gasteiger partial charge is 0.255 e. The minimum absolute atomic E-state index is 0.260. The van der Waals surface area contributed by atoms with E-state index in [0.717, 1.165) is 5.56 Å². The van der Waals surface area contributed by atoms with E-state index in [9.17, 15) is 4.79 Å². The molecule has 0 spiro atoms. The van der Waals surface area contributed by atoms with Crippen LogP contribution in [0.15, 0.2) is 54.9 Å². The van der Waals surface area contributed by atoms with Gasteiger partial charge in [0, 0.05) is 25.5 Å². The zero-order chi connectivity index (χ0) is 20.8. The number of rotatable bonds is 8. The van der Waals surface area contributed by atoms with Gasteiger partial charge in [-0.15, -0.1) is 0 Å². The van der Waals surface area contributed by atoms with Crippen LogP contribution < -0.4 is 19.5 Å². The van der Waals surface area contributed by atoms with Gasteiger partial charge in [-0.1, -0.05) is 12.1 Å². The SMILES string of the molecule is CCOc1ccccc1C(=O)NC(c1cc(OC)cc(OC)c1)c1nccn1C. The first kappa shape index (κ1) is 20.3. The van der Waals surface area contributed by atoms with Gasteiger partial charge in [-0.25, -0.2) is 4.98 Å². The number of nitrogens with one attached hydrogen (secondary N) is 1.